The van der Waals surface area contributed by atoms with E-state index in [9.17, 15) is 13.5 Å². The van der Waals surface area contributed by atoms with Gasteiger partial charge in [-0.05, 0) is 42.7 Å². The molecule has 0 spiro atoms. The number of ether oxygens (including phenoxy) is 1. The summed E-state index contributed by atoms with van der Waals surface area (Å²) in [5.74, 6) is 0.276. The minimum Gasteiger partial charge on any atom is -0.504 e. The van der Waals surface area contributed by atoms with Crippen LogP contribution in [0.2, 0.25) is 0 Å². The van der Waals surface area contributed by atoms with E-state index in [4.69, 9.17) is 9.29 Å². The van der Waals surface area contributed by atoms with Crippen molar-refractivity contribution in [3.05, 3.63) is 48.0 Å². The maximum atomic E-state index is 11.3. The smallest absolute Gasteiger partial charge is 0.294 e. The van der Waals surface area contributed by atoms with E-state index in [1.807, 2.05) is 12.1 Å². The summed E-state index contributed by atoms with van der Waals surface area (Å²) < 4.78 is 37.3. The Balaban J connectivity index is 1.64. The van der Waals surface area contributed by atoms with E-state index in [0.29, 0.717) is 5.75 Å². The lowest BCUT2D eigenvalue weighted by molar-refractivity contribution is 0.409. The molecule has 32 heavy (non-hydrogen) atoms. The van der Waals surface area contributed by atoms with Crippen LogP contribution in [0.4, 0.5) is 0 Å². The van der Waals surface area contributed by atoms with Gasteiger partial charge in [0.1, 0.15) is 5.75 Å². The van der Waals surface area contributed by atoms with Crippen LogP contribution in [-0.2, 0) is 16.5 Å². The zero-order chi connectivity index (χ0) is 23.2. The van der Waals surface area contributed by atoms with Crippen molar-refractivity contribution < 1.29 is 22.8 Å². The van der Waals surface area contributed by atoms with Crippen LogP contribution in [0.15, 0.2) is 47.4 Å². The Bertz CT molecular complexity index is 891. The maximum absolute atomic E-state index is 11.3. The first-order chi connectivity index (χ1) is 15.4. The largest absolute Gasteiger partial charge is 0.504 e. The van der Waals surface area contributed by atoms with E-state index >= 15 is 0 Å². The predicted molar refractivity (Wildman–Crippen MR) is 129 cm³/mol. The number of hydrogen-bond donors (Lipinski definition) is 2. The van der Waals surface area contributed by atoms with Crippen LogP contribution in [0, 0.1) is 0 Å². The lowest BCUT2D eigenvalue weighted by atomic mass is 10.0. The van der Waals surface area contributed by atoms with E-state index in [1.165, 1.54) is 82.3 Å². The van der Waals surface area contributed by atoms with Crippen molar-refractivity contribution in [2.24, 2.45) is 0 Å². The molecule has 0 unspecified atom stereocenters. The highest BCUT2D eigenvalue weighted by atomic mass is 32.2. The van der Waals surface area contributed by atoms with Crippen molar-refractivity contribution in [3.8, 4) is 17.2 Å². The van der Waals surface area contributed by atoms with Crippen LogP contribution in [0.5, 0.6) is 17.2 Å². The van der Waals surface area contributed by atoms with Gasteiger partial charge in [-0.25, -0.2) is 0 Å². The molecular weight excluding hydrogens is 424 g/mol. The van der Waals surface area contributed by atoms with Gasteiger partial charge in [0.15, 0.2) is 11.5 Å². The molecule has 0 aromatic heterocycles. The van der Waals surface area contributed by atoms with Crippen LogP contribution in [0.1, 0.15) is 89.5 Å². The number of hydrogen-bond acceptors (Lipinski definition) is 4. The average molecular weight is 463 g/mol. The van der Waals surface area contributed by atoms with Gasteiger partial charge >= 0.3 is 0 Å². The standard InChI is InChI=1S/C26H38O5S/c1-2-3-4-5-6-7-8-9-10-11-12-13-14-22-15-17-23(18-16-22)31-26-21-24(32(28,29)30)19-20-25(26)27/h15-21,27H,2-14H2,1H3,(H,28,29,30). The van der Waals surface area contributed by atoms with Crippen molar-refractivity contribution in [1.82, 2.24) is 0 Å². The van der Waals surface area contributed by atoms with Crippen molar-refractivity contribution in [1.29, 1.82) is 0 Å². The minimum atomic E-state index is -4.36. The molecule has 0 saturated heterocycles. The van der Waals surface area contributed by atoms with Crippen molar-refractivity contribution in [3.63, 3.8) is 0 Å². The summed E-state index contributed by atoms with van der Waals surface area (Å²) in [6.07, 6.45) is 17.0. The summed E-state index contributed by atoms with van der Waals surface area (Å²) in [7, 11) is -4.36. The molecule has 0 atom stereocenters. The molecule has 2 N–H and O–H groups in total. The van der Waals surface area contributed by atoms with Gasteiger partial charge in [0.25, 0.3) is 10.1 Å². The van der Waals surface area contributed by atoms with Crippen LogP contribution in [-0.4, -0.2) is 18.1 Å². The number of aryl methyl sites for hydroxylation is 1. The topological polar surface area (TPSA) is 83.8 Å². The fourth-order valence-electron chi connectivity index (χ4n) is 3.76. The van der Waals surface area contributed by atoms with Gasteiger partial charge < -0.3 is 9.84 Å². The first-order valence-corrected chi connectivity index (χ1v) is 13.4. The third-order valence-corrected chi connectivity index (χ3v) is 6.55. The molecular formula is C26H38O5S. The molecule has 0 saturated carbocycles. The second kappa shape index (κ2) is 14.2. The van der Waals surface area contributed by atoms with E-state index in [-0.39, 0.29) is 16.4 Å². The summed E-state index contributed by atoms with van der Waals surface area (Å²) in [6, 6.07) is 11.0. The lowest BCUT2D eigenvalue weighted by Crippen LogP contribution is -1.98. The Morgan fingerprint density at radius 1 is 0.750 bits per heavy atom. The summed E-state index contributed by atoms with van der Waals surface area (Å²) in [5.41, 5.74) is 1.22. The summed E-state index contributed by atoms with van der Waals surface area (Å²) in [4.78, 5) is -0.325. The quantitative estimate of drug-likeness (QED) is 0.197. The number of unbranched alkanes of at least 4 members (excludes halogenated alkanes) is 11. The van der Waals surface area contributed by atoms with Gasteiger partial charge in [0, 0.05) is 6.07 Å². The minimum absolute atomic E-state index is 0.0196. The molecule has 0 aliphatic carbocycles. The van der Waals surface area contributed by atoms with Gasteiger partial charge in [-0.15, -0.1) is 0 Å². The molecule has 0 bridgehead atoms. The number of rotatable bonds is 16. The Morgan fingerprint density at radius 3 is 1.81 bits per heavy atom. The fourth-order valence-corrected chi connectivity index (χ4v) is 4.25. The number of phenolic OH excluding ortho intramolecular Hbond substituents is 1. The van der Waals surface area contributed by atoms with Gasteiger partial charge in [0.05, 0.1) is 4.90 Å². The van der Waals surface area contributed by atoms with E-state index in [1.54, 1.807) is 12.1 Å². The SMILES string of the molecule is CCCCCCCCCCCCCCc1ccc(Oc2cc(S(=O)(=O)O)ccc2O)cc1. The highest BCUT2D eigenvalue weighted by molar-refractivity contribution is 7.85. The van der Waals surface area contributed by atoms with Crippen molar-refractivity contribution in [2.75, 3.05) is 0 Å². The molecule has 2 aromatic carbocycles. The Hall–Kier alpha value is -2.05. The first kappa shape index (κ1) is 26.2. The van der Waals surface area contributed by atoms with Crippen molar-refractivity contribution in [2.45, 2.75) is 95.3 Å². The fraction of sp³-hybridized carbons (Fsp3) is 0.538. The molecule has 0 fully saturated rings. The number of phenols is 1. The van der Waals surface area contributed by atoms with Gasteiger partial charge in [-0.3, -0.25) is 4.55 Å². The average Bonchev–Trinajstić information content (AvgIpc) is 2.76. The highest BCUT2D eigenvalue weighted by Crippen LogP contribution is 2.33. The molecule has 0 amide bonds. The normalized spacial score (nSPS) is 11.6. The molecule has 178 valence electrons. The van der Waals surface area contributed by atoms with E-state index in [2.05, 4.69) is 6.92 Å². The number of aromatic hydroxyl groups is 1. The summed E-state index contributed by atoms with van der Waals surface area (Å²) in [6.45, 7) is 2.26. The Morgan fingerprint density at radius 2 is 1.28 bits per heavy atom. The zero-order valence-corrected chi connectivity index (χ0v) is 20.1. The number of benzene rings is 2. The van der Waals surface area contributed by atoms with Crippen LogP contribution in [0.25, 0.3) is 0 Å². The van der Waals surface area contributed by atoms with Crippen LogP contribution in [0.3, 0.4) is 0 Å². The second-order valence-corrected chi connectivity index (χ2v) is 9.91. The Kier molecular flexibility index (Phi) is 11.6. The van der Waals surface area contributed by atoms with E-state index < -0.39 is 10.1 Å². The summed E-state index contributed by atoms with van der Waals surface area (Å²) in [5, 5.41) is 9.89. The molecule has 6 heteroatoms. The molecule has 2 rings (SSSR count). The molecule has 5 nitrogen and oxygen atoms in total. The van der Waals surface area contributed by atoms with Gasteiger partial charge in [-0.2, -0.15) is 8.42 Å². The third kappa shape index (κ3) is 10.0. The van der Waals surface area contributed by atoms with Crippen LogP contribution >= 0.6 is 0 Å². The maximum Gasteiger partial charge on any atom is 0.294 e. The molecule has 0 heterocycles. The predicted octanol–water partition coefficient (Wildman–Crippen LogP) is 7.67. The van der Waals surface area contributed by atoms with Crippen molar-refractivity contribution >= 4 is 10.1 Å². The second-order valence-electron chi connectivity index (χ2n) is 8.49. The molecule has 2 aromatic rings. The molecule has 0 aliphatic rings. The molecule has 0 aliphatic heterocycles. The van der Waals surface area contributed by atoms with E-state index in [0.717, 1.165) is 25.0 Å². The van der Waals surface area contributed by atoms with Crippen LogP contribution < -0.4 is 4.74 Å². The molecule has 0 radical (unpaired) electrons. The zero-order valence-electron chi connectivity index (χ0n) is 19.3. The lowest BCUT2D eigenvalue weighted by Gasteiger charge is -2.09. The monoisotopic (exact) mass is 462 g/mol. The Labute approximate surface area is 193 Å². The van der Waals surface area contributed by atoms with Gasteiger partial charge in [-0.1, -0.05) is 89.7 Å². The third-order valence-electron chi connectivity index (χ3n) is 5.70. The highest BCUT2D eigenvalue weighted by Gasteiger charge is 2.14. The first-order valence-electron chi connectivity index (χ1n) is 12.0. The summed E-state index contributed by atoms with van der Waals surface area (Å²) >= 11 is 0. The van der Waals surface area contributed by atoms with Gasteiger partial charge in [0.2, 0.25) is 0 Å².